The number of rotatable bonds is 8. The first-order valence-electron chi connectivity index (χ1n) is 19.3. The first-order chi connectivity index (χ1) is 25.2. The number of hydrogen-bond donors (Lipinski definition) is 1. The standard InChI is InChI=1S/C49H48N2/c1-4-6-24-50-30-44-40-28-39-38(37-22-15-21-36-35-20-12-8-11-19-33(35)27-42(39)47(36)37)29-43(40)48(45-23-13-14-25-51-45)49-41(26-32-17-9-7-10-18-32)34(16-5-2)31(3)46(44)49/h5-6,9,11,13-19,21-25,27-28,38,40-41,43,50H,2-4,7-8,10,12,20,26,29-30H2,1H3/b24-6-,34-16+/t38-,40?,41?,43?/m0/s1. The van der Waals surface area contributed by atoms with Crippen LogP contribution in [0, 0.1) is 17.8 Å². The van der Waals surface area contributed by atoms with E-state index in [0.717, 1.165) is 62.8 Å². The summed E-state index contributed by atoms with van der Waals surface area (Å²) in [5, 5.41) is 6.72. The van der Waals surface area contributed by atoms with Crippen molar-refractivity contribution in [1.29, 1.82) is 0 Å². The van der Waals surface area contributed by atoms with Gasteiger partial charge in [-0.25, -0.2) is 0 Å². The van der Waals surface area contributed by atoms with Gasteiger partial charge in [0.05, 0.1) is 5.69 Å². The number of allylic oxidation sites excluding steroid dienone is 15. The topological polar surface area (TPSA) is 24.9 Å². The molecule has 4 atom stereocenters. The molecule has 0 amide bonds. The van der Waals surface area contributed by atoms with E-state index in [1.54, 1.807) is 0 Å². The second kappa shape index (κ2) is 13.3. The number of fused-ring (bicyclic) bond motifs is 7. The van der Waals surface area contributed by atoms with Crippen LogP contribution in [-0.4, -0.2) is 11.5 Å². The lowest BCUT2D eigenvalue weighted by molar-refractivity contribution is 0.453. The SMILES string of the molecule is C=C/C=C1\C(=C)C2=C(CN/C=C\CC)C3C=C4c5cc6c(c7cccc(c57)[C@@H]4CC3C(c3ccccn3)=C2C1CC1=CCCC=C1)CCCC=C6. The highest BCUT2D eigenvalue weighted by atomic mass is 14.8. The lowest BCUT2D eigenvalue weighted by atomic mass is 9.62. The number of aryl methyl sites for hydroxylation is 1. The van der Waals surface area contributed by atoms with Crippen LogP contribution in [0.4, 0.5) is 0 Å². The van der Waals surface area contributed by atoms with Gasteiger partial charge in [-0.05, 0) is 154 Å². The summed E-state index contributed by atoms with van der Waals surface area (Å²) in [4.78, 5) is 5.13. The maximum absolute atomic E-state index is 5.13. The van der Waals surface area contributed by atoms with Crippen LogP contribution in [0.15, 0.2) is 150 Å². The van der Waals surface area contributed by atoms with Crippen molar-refractivity contribution >= 4 is 28.0 Å². The highest BCUT2D eigenvalue weighted by Crippen LogP contribution is 2.63. The number of benzene rings is 2. The number of nitrogens with zero attached hydrogens (tertiary/aromatic N) is 1. The zero-order valence-corrected chi connectivity index (χ0v) is 29.9. The Balaban J connectivity index is 1.29. The van der Waals surface area contributed by atoms with Crippen LogP contribution in [0.2, 0.25) is 0 Å². The summed E-state index contributed by atoms with van der Waals surface area (Å²) in [5.74, 6) is 1.11. The van der Waals surface area contributed by atoms with Crippen molar-refractivity contribution in [2.45, 2.75) is 64.2 Å². The van der Waals surface area contributed by atoms with Gasteiger partial charge in [0.15, 0.2) is 0 Å². The quantitative estimate of drug-likeness (QED) is 0.259. The minimum absolute atomic E-state index is 0.204. The Kier molecular flexibility index (Phi) is 8.35. The number of hydrogen-bond acceptors (Lipinski definition) is 2. The van der Waals surface area contributed by atoms with Crippen molar-refractivity contribution in [2.24, 2.45) is 17.8 Å². The molecule has 3 aromatic rings. The predicted octanol–water partition coefficient (Wildman–Crippen LogP) is 11.9. The molecule has 2 nitrogen and oxygen atoms in total. The molecule has 2 heteroatoms. The summed E-state index contributed by atoms with van der Waals surface area (Å²) in [6.45, 7) is 12.1. The Labute approximate surface area is 303 Å². The number of pyridine rings is 1. The monoisotopic (exact) mass is 664 g/mol. The summed E-state index contributed by atoms with van der Waals surface area (Å²) in [6, 6.07) is 16.2. The van der Waals surface area contributed by atoms with Gasteiger partial charge in [0.2, 0.25) is 0 Å². The van der Waals surface area contributed by atoms with Crippen LogP contribution < -0.4 is 5.32 Å². The van der Waals surface area contributed by atoms with Crippen LogP contribution in [0.1, 0.15) is 85.7 Å². The predicted molar refractivity (Wildman–Crippen MR) is 216 cm³/mol. The summed E-state index contributed by atoms with van der Waals surface area (Å²) in [5.41, 5.74) is 18.2. The minimum Gasteiger partial charge on any atom is -0.387 e. The molecule has 51 heavy (non-hydrogen) atoms. The first-order valence-corrected chi connectivity index (χ1v) is 19.3. The number of aromatic nitrogens is 1. The zero-order valence-electron chi connectivity index (χ0n) is 29.9. The third kappa shape index (κ3) is 5.25. The van der Waals surface area contributed by atoms with Gasteiger partial charge in [0, 0.05) is 30.5 Å². The van der Waals surface area contributed by atoms with Crippen LogP contribution >= 0.6 is 0 Å². The second-order valence-electron chi connectivity index (χ2n) is 15.1. The Morgan fingerprint density at radius 3 is 2.76 bits per heavy atom. The van der Waals surface area contributed by atoms with Crippen molar-refractivity contribution in [3.05, 3.63) is 178 Å². The maximum atomic E-state index is 5.13. The molecule has 1 N–H and O–H groups in total. The third-order valence-electron chi connectivity index (χ3n) is 12.3. The Bertz CT molecular complexity index is 2210. The molecule has 1 heterocycles. The lowest BCUT2D eigenvalue weighted by Gasteiger charge is -2.42. The maximum Gasteiger partial charge on any atom is 0.0667 e. The summed E-state index contributed by atoms with van der Waals surface area (Å²) in [7, 11) is 0. The first kappa shape index (κ1) is 32.0. The highest BCUT2D eigenvalue weighted by Gasteiger charge is 2.49. The second-order valence-corrected chi connectivity index (χ2v) is 15.1. The van der Waals surface area contributed by atoms with E-state index in [1.807, 2.05) is 12.3 Å². The van der Waals surface area contributed by atoms with Gasteiger partial charge in [-0.15, -0.1) is 0 Å². The lowest BCUT2D eigenvalue weighted by Crippen LogP contribution is -2.32. The summed E-state index contributed by atoms with van der Waals surface area (Å²) < 4.78 is 0. The fraction of sp³-hybridized carbons (Fsp3) is 0.286. The van der Waals surface area contributed by atoms with Crippen molar-refractivity contribution in [3.63, 3.8) is 0 Å². The van der Waals surface area contributed by atoms with E-state index in [0.29, 0.717) is 11.8 Å². The molecule has 0 spiro atoms. The van der Waals surface area contributed by atoms with E-state index in [2.05, 4.69) is 116 Å². The highest BCUT2D eigenvalue weighted by molar-refractivity contribution is 6.07. The molecular formula is C49H48N2. The Morgan fingerprint density at radius 2 is 1.94 bits per heavy atom. The van der Waals surface area contributed by atoms with Crippen molar-refractivity contribution in [3.8, 4) is 0 Å². The van der Waals surface area contributed by atoms with Crippen molar-refractivity contribution < 1.29 is 0 Å². The molecule has 0 radical (unpaired) electrons. The Hall–Kier alpha value is -4.95. The third-order valence-corrected chi connectivity index (χ3v) is 12.3. The van der Waals surface area contributed by atoms with Crippen LogP contribution in [0.3, 0.4) is 0 Å². The molecule has 254 valence electrons. The zero-order chi connectivity index (χ0) is 34.5. The largest absolute Gasteiger partial charge is 0.387 e. The van der Waals surface area contributed by atoms with Gasteiger partial charge >= 0.3 is 0 Å². The van der Waals surface area contributed by atoms with Gasteiger partial charge in [0.1, 0.15) is 0 Å². The molecule has 6 aliphatic carbocycles. The fourth-order valence-corrected chi connectivity index (χ4v) is 10.3. The molecule has 3 unspecified atom stereocenters. The van der Waals surface area contributed by atoms with E-state index in [1.165, 1.54) is 78.5 Å². The molecule has 0 aliphatic heterocycles. The summed E-state index contributed by atoms with van der Waals surface area (Å²) in [6.07, 6.45) is 34.0. The average Bonchev–Trinajstić information content (AvgIpc) is 3.46. The molecule has 0 bridgehead atoms. The van der Waals surface area contributed by atoms with Gasteiger partial charge in [-0.3, -0.25) is 4.98 Å². The van der Waals surface area contributed by atoms with Gasteiger partial charge < -0.3 is 5.32 Å². The van der Waals surface area contributed by atoms with Gasteiger partial charge in [-0.1, -0.05) is 105 Å². The molecule has 6 aliphatic rings. The molecule has 0 saturated heterocycles. The van der Waals surface area contributed by atoms with Crippen LogP contribution in [-0.2, 0) is 6.42 Å². The van der Waals surface area contributed by atoms with E-state index in [4.69, 9.17) is 11.6 Å². The Morgan fingerprint density at radius 1 is 1.02 bits per heavy atom. The van der Waals surface area contributed by atoms with Crippen LogP contribution in [0.5, 0.6) is 0 Å². The van der Waals surface area contributed by atoms with Crippen LogP contribution in [0.25, 0.3) is 28.0 Å². The van der Waals surface area contributed by atoms with Crippen molar-refractivity contribution in [2.75, 3.05) is 6.54 Å². The molecular weight excluding hydrogens is 617 g/mol. The summed E-state index contributed by atoms with van der Waals surface area (Å²) >= 11 is 0. The van der Waals surface area contributed by atoms with E-state index in [9.17, 15) is 0 Å². The fourth-order valence-electron chi connectivity index (χ4n) is 10.3. The molecule has 1 saturated carbocycles. The van der Waals surface area contributed by atoms with Gasteiger partial charge in [-0.2, -0.15) is 0 Å². The molecule has 2 aromatic carbocycles. The van der Waals surface area contributed by atoms with E-state index < -0.39 is 0 Å². The van der Waals surface area contributed by atoms with Crippen molar-refractivity contribution in [1.82, 2.24) is 10.3 Å². The minimum atomic E-state index is 0.204. The molecule has 9 rings (SSSR count). The number of nitrogens with one attached hydrogen (secondary N) is 1. The molecule has 1 aromatic heterocycles. The molecule has 1 fully saturated rings. The van der Waals surface area contributed by atoms with E-state index >= 15 is 0 Å². The smallest absolute Gasteiger partial charge is 0.0667 e. The normalized spacial score (nSPS) is 25.5. The van der Waals surface area contributed by atoms with E-state index in [-0.39, 0.29) is 11.8 Å². The van der Waals surface area contributed by atoms with Gasteiger partial charge in [0.25, 0.3) is 0 Å². The average molecular weight is 665 g/mol.